The number of aromatic nitrogens is 2. The van der Waals surface area contributed by atoms with Gasteiger partial charge in [0, 0.05) is 24.6 Å². The third-order valence-electron chi connectivity index (χ3n) is 3.05. The second-order valence-corrected chi connectivity index (χ2v) is 5.07. The highest BCUT2D eigenvalue weighted by atomic mass is 35.5. The van der Waals surface area contributed by atoms with Crippen molar-refractivity contribution in [3.05, 3.63) is 36.1 Å². The summed E-state index contributed by atoms with van der Waals surface area (Å²) in [6.07, 6.45) is 0.323. The van der Waals surface area contributed by atoms with E-state index in [9.17, 15) is 9.18 Å². The zero-order chi connectivity index (χ0) is 13.4. The number of H-pyrrole nitrogens is 1. The smallest absolute Gasteiger partial charge is 0.229 e. The van der Waals surface area contributed by atoms with Crippen LogP contribution in [0.4, 0.5) is 10.2 Å². The van der Waals surface area contributed by atoms with Gasteiger partial charge in [-0.25, -0.2) is 4.39 Å². The molecule has 0 aliphatic carbocycles. The molecule has 0 spiro atoms. The third kappa shape index (κ3) is 2.33. The maximum Gasteiger partial charge on any atom is 0.229 e. The number of nitrogens with one attached hydrogen (secondary N) is 1. The maximum absolute atomic E-state index is 13.2. The molecule has 0 bridgehead atoms. The molecule has 1 aromatic carbocycles. The minimum Gasteiger partial charge on any atom is -0.294 e. The van der Waals surface area contributed by atoms with Crippen molar-refractivity contribution in [3.8, 4) is 11.3 Å². The standard InChI is InChI=1S/C13H11ClFN3O/c14-9-5-13(19)18(7-9)12-6-11(16-17-12)8-2-1-3-10(15)4-8/h1-4,6,9H,5,7H2,(H,16,17). The van der Waals surface area contributed by atoms with Crippen molar-refractivity contribution >= 4 is 23.3 Å². The number of aromatic amines is 1. The van der Waals surface area contributed by atoms with Crippen molar-refractivity contribution in [1.82, 2.24) is 10.2 Å². The molecule has 1 unspecified atom stereocenters. The highest BCUT2D eigenvalue weighted by Gasteiger charge is 2.30. The van der Waals surface area contributed by atoms with E-state index in [1.165, 1.54) is 17.0 Å². The molecule has 1 atom stereocenters. The lowest BCUT2D eigenvalue weighted by Gasteiger charge is -2.10. The number of hydrogen-bond donors (Lipinski definition) is 1. The van der Waals surface area contributed by atoms with Gasteiger partial charge in [-0.3, -0.25) is 14.8 Å². The van der Waals surface area contributed by atoms with E-state index in [4.69, 9.17) is 11.6 Å². The van der Waals surface area contributed by atoms with E-state index in [2.05, 4.69) is 10.2 Å². The summed E-state index contributed by atoms with van der Waals surface area (Å²) in [6.45, 7) is 0.452. The number of rotatable bonds is 2. The molecule has 1 fully saturated rings. The molecule has 2 heterocycles. The van der Waals surface area contributed by atoms with Crippen LogP contribution in [0.2, 0.25) is 0 Å². The molecule has 1 saturated heterocycles. The van der Waals surface area contributed by atoms with Crippen molar-refractivity contribution in [2.24, 2.45) is 0 Å². The predicted molar refractivity (Wildman–Crippen MR) is 70.6 cm³/mol. The van der Waals surface area contributed by atoms with Gasteiger partial charge >= 0.3 is 0 Å². The molecule has 19 heavy (non-hydrogen) atoms. The Hall–Kier alpha value is -1.88. The van der Waals surface area contributed by atoms with Crippen molar-refractivity contribution in [2.45, 2.75) is 11.8 Å². The molecule has 1 N–H and O–H groups in total. The molecular weight excluding hydrogens is 269 g/mol. The van der Waals surface area contributed by atoms with Gasteiger partial charge in [0.15, 0.2) is 5.82 Å². The van der Waals surface area contributed by atoms with E-state index in [0.717, 1.165) is 0 Å². The number of benzene rings is 1. The molecular formula is C13H11ClFN3O. The second-order valence-electron chi connectivity index (χ2n) is 4.46. The van der Waals surface area contributed by atoms with Crippen LogP contribution in [0.1, 0.15) is 6.42 Å². The van der Waals surface area contributed by atoms with Gasteiger partial charge in [0.05, 0.1) is 11.1 Å². The van der Waals surface area contributed by atoms with E-state index in [1.807, 2.05) is 0 Å². The van der Waals surface area contributed by atoms with Crippen LogP contribution in [-0.2, 0) is 4.79 Å². The van der Waals surface area contributed by atoms with Crippen molar-refractivity contribution in [1.29, 1.82) is 0 Å². The number of amides is 1. The topological polar surface area (TPSA) is 49.0 Å². The Balaban J connectivity index is 1.90. The molecule has 0 radical (unpaired) electrons. The number of alkyl halides is 1. The average molecular weight is 280 g/mol. The van der Waals surface area contributed by atoms with E-state index in [0.29, 0.717) is 30.0 Å². The molecule has 1 aliphatic heterocycles. The lowest BCUT2D eigenvalue weighted by Crippen LogP contribution is -2.24. The largest absolute Gasteiger partial charge is 0.294 e. The normalized spacial score (nSPS) is 19.2. The summed E-state index contributed by atoms with van der Waals surface area (Å²) in [6, 6.07) is 7.91. The van der Waals surface area contributed by atoms with E-state index in [1.54, 1.807) is 18.2 Å². The molecule has 1 aliphatic rings. The zero-order valence-corrected chi connectivity index (χ0v) is 10.7. The van der Waals surface area contributed by atoms with Gasteiger partial charge in [-0.1, -0.05) is 12.1 Å². The van der Waals surface area contributed by atoms with Crippen molar-refractivity contribution in [2.75, 3.05) is 11.4 Å². The number of hydrogen-bond acceptors (Lipinski definition) is 2. The molecule has 2 aromatic rings. The molecule has 4 nitrogen and oxygen atoms in total. The molecule has 1 aromatic heterocycles. The van der Waals surface area contributed by atoms with Gasteiger partial charge in [-0.15, -0.1) is 11.6 Å². The Morgan fingerprint density at radius 2 is 2.26 bits per heavy atom. The Morgan fingerprint density at radius 1 is 1.42 bits per heavy atom. The summed E-state index contributed by atoms with van der Waals surface area (Å²) >= 11 is 5.95. The summed E-state index contributed by atoms with van der Waals surface area (Å²) in [5, 5.41) is 6.72. The highest BCUT2D eigenvalue weighted by molar-refractivity contribution is 6.24. The van der Waals surface area contributed by atoms with Crippen LogP contribution in [0.25, 0.3) is 11.3 Å². The SMILES string of the molecule is O=C1CC(Cl)CN1c1cc(-c2cccc(F)c2)[nH]n1. The summed E-state index contributed by atoms with van der Waals surface area (Å²) in [4.78, 5) is 13.3. The van der Waals surface area contributed by atoms with Crippen LogP contribution >= 0.6 is 11.6 Å². The van der Waals surface area contributed by atoms with Crippen molar-refractivity contribution < 1.29 is 9.18 Å². The predicted octanol–water partition coefficient (Wildman–Crippen LogP) is 2.56. The van der Waals surface area contributed by atoms with Crippen LogP contribution in [-0.4, -0.2) is 28.0 Å². The van der Waals surface area contributed by atoms with E-state index in [-0.39, 0.29) is 17.1 Å². The summed E-state index contributed by atoms with van der Waals surface area (Å²) in [7, 11) is 0. The van der Waals surface area contributed by atoms with Gasteiger partial charge in [0.2, 0.25) is 5.91 Å². The average Bonchev–Trinajstić information content (AvgIpc) is 2.96. The number of carbonyl (C=O) groups excluding carboxylic acids is 1. The fourth-order valence-corrected chi connectivity index (χ4v) is 2.41. The first-order valence-electron chi connectivity index (χ1n) is 5.89. The quantitative estimate of drug-likeness (QED) is 0.859. The minimum atomic E-state index is -0.313. The lowest BCUT2D eigenvalue weighted by atomic mass is 10.1. The van der Waals surface area contributed by atoms with Crippen LogP contribution in [0.3, 0.4) is 0 Å². The second kappa shape index (κ2) is 4.66. The molecule has 1 amide bonds. The molecule has 3 rings (SSSR count). The fraction of sp³-hybridized carbons (Fsp3) is 0.231. The zero-order valence-electron chi connectivity index (χ0n) is 9.94. The summed E-state index contributed by atoms with van der Waals surface area (Å²) < 4.78 is 13.2. The minimum absolute atomic E-state index is 0.0442. The number of anilines is 1. The lowest BCUT2D eigenvalue weighted by molar-refractivity contribution is -0.117. The summed E-state index contributed by atoms with van der Waals surface area (Å²) in [5.74, 6) is 0.163. The van der Waals surface area contributed by atoms with Gasteiger partial charge in [0.1, 0.15) is 5.82 Å². The molecule has 98 valence electrons. The van der Waals surface area contributed by atoms with Crippen LogP contribution < -0.4 is 4.90 Å². The van der Waals surface area contributed by atoms with Crippen LogP contribution in [0, 0.1) is 5.82 Å². The molecule has 0 saturated carbocycles. The monoisotopic (exact) mass is 279 g/mol. The van der Waals surface area contributed by atoms with Crippen molar-refractivity contribution in [3.63, 3.8) is 0 Å². The Labute approximate surface area is 114 Å². The Morgan fingerprint density at radius 3 is 2.95 bits per heavy atom. The number of carbonyl (C=O) groups is 1. The Bertz CT molecular complexity index is 628. The van der Waals surface area contributed by atoms with Gasteiger partial charge in [-0.2, -0.15) is 5.10 Å². The van der Waals surface area contributed by atoms with Crippen LogP contribution in [0.15, 0.2) is 30.3 Å². The van der Waals surface area contributed by atoms with Gasteiger partial charge < -0.3 is 0 Å². The van der Waals surface area contributed by atoms with Gasteiger partial charge in [0.25, 0.3) is 0 Å². The fourth-order valence-electron chi connectivity index (χ4n) is 2.14. The first-order chi connectivity index (χ1) is 9.13. The number of halogens is 2. The van der Waals surface area contributed by atoms with Crippen LogP contribution in [0.5, 0.6) is 0 Å². The van der Waals surface area contributed by atoms with Gasteiger partial charge in [-0.05, 0) is 12.1 Å². The van der Waals surface area contributed by atoms with E-state index < -0.39 is 0 Å². The summed E-state index contributed by atoms with van der Waals surface area (Å²) in [5.41, 5.74) is 1.35. The van der Waals surface area contributed by atoms with E-state index >= 15 is 0 Å². The first-order valence-corrected chi connectivity index (χ1v) is 6.33. The number of nitrogens with zero attached hydrogens (tertiary/aromatic N) is 2. The highest BCUT2D eigenvalue weighted by Crippen LogP contribution is 2.26. The molecule has 6 heteroatoms. The Kier molecular flexibility index (Phi) is 2.98. The first kappa shape index (κ1) is 12.2. The maximum atomic E-state index is 13.2. The third-order valence-corrected chi connectivity index (χ3v) is 3.35.